The lowest BCUT2D eigenvalue weighted by atomic mass is 9.99. The van der Waals surface area contributed by atoms with Crippen LogP contribution in [0.5, 0.6) is 5.75 Å². The third-order valence-corrected chi connectivity index (χ3v) is 3.05. The summed E-state index contributed by atoms with van der Waals surface area (Å²) in [6, 6.07) is 15.0. The summed E-state index contributed by atoms with van der Waals surface area (Å²) in [7, 11) is 1.46. The highest BCUT2D eigenvalue weighted by molar-refractivity contribution is 5.30. The minimum atomic E-state index is -0.341. The van der Waals surface area contributed by atoms with Crippen molar-refractivity contribution in [1.82, 2.24) is 0 Å². The Kier molecular flexibility index (Phi) is 4.53. The summed E-state index contributed by atoms with van der Waals surface area (Å²) in [6.07, 6.45) is 1.43. The van der Waals surface area contributed by atoms with Gasteiger partial charge in [-0.25, -0.2) is 4.39 Å². The molecule has 1 unspecified atom stereocenters. The van der Waals surface area contributed by atoms with Crippen LogP contribution >= 0.6 is 0 Å². The third-order valence-electron chi connectivity index (χ3n) is 3.05. The van der Waals surface area contributed by atoms with Crippen molar-refractivity contribution in [2.24, 2.45) is 5.73 Å². The van der Waals surface area contributed by atoms with E-state index < -0.39 is 0 Å². The first-order valence-corrected chi connectivity index (χ1v) is 6.31. The summed E-state index contributed by atoms with van der Waals surface area (Å²) >= 11 is 0. The molecule has 0 saturated heterocycles. The number of methoxy groups -OCH3 is 1. The number of nitrogens with two attached hydrogens (primary N) is 1. The Morgan fingerprint density at radius 2 is 1.74 bits per heavy atom. The van der Waals surface area contributed by atoms with E-state index in [2.05, 4.69) is 12.1 Å². The van der Waals surface area contributed by atoms with Gasteiger partial charge in [-0.1, -0.05) is 36.4 Å². The topological polar surface area (TPSA) is 35.2 Å². The molecule has 0 aliphatic carbocycles. The summed E-state index contributed by atoms with van der Waals surface area (Å²) < 4.78 is 18.5. The van der Waals surface area contributed by atoms with Gasteiger partial charge in [-0.2, -0.15) is 0 Å². The highest BCUT2D eigenvalue weighted by Gasteiger charge is 2.08. The number of rotatable bonds is 5. The summed E-state index contributed by atoms with van der Waals surface area (Å²) in [6.45, 7) is 0. The normalized spacial score (nSPS) is 12.2. The van der Waals surface area contributed by atoms with Crippen molar-refractivity contribution in [2.75, 3.05) is 7.11 Å². The van der Waals surface area contributed by atoms with Gasteiger partial charge in [0.1, 0.15) is 0 Å². The fraction of sp³-hybridized carbons (Fsp3) is 0.250. The molecule has 19 heavy (non-hydrogen) atoms. The molecule has 0 amide bonds. The van der Waals surface area contributed by atoms with Gasteiger partial charge in [0.15, 0.2) is 11.6 Å². The Bertz CT molecular complexity index is 528. The molecule has 2 rings (SSSR count). The van der Waals surface area contributed by atoms with Crippen LogP contribution < -0.4 is 10.5 Å². The van der Waals surface area contributed by atoms with E-state index in [1.807, 2.05) is 24.3 Å². The molecular formula is C16H18FNO. The zero-order valence-corrected chi connectivity index (χ0v) is 11.0. The second-order valence-corrected chi connectivity index (χ2v) is 4.62. The first-order valence-electron chi connectivity index (χ1n) is 6.31. The van der Waals surface area contributed by atoms with Crippen LogP contribution in [-0.2, 0) is 12.8 Å². The average molecular weight is 259 g/mol. The number of hydrogen-bond acceptors (Lipinski definition) is 2. The van der Waals surface area contributed by atoms with Crippen LogP contribution in [0.3, 0.4) is 0 Å². The van der Waals surface area contributed by atoms with Crippen LogP contribution in [0.15, 0.2) is 48.5 Å². The Labute approximate surface area is 113 Å². The van der Waals surface area contributed by atoms with Gasteiger partial charge in [0.05, 0.1) is 7.11 Å². The van der Waals surface area contributed by atoms with Crippen molar-refractivity contribution in [3.8, 4) is 5.75 Å². The second-order valence-electron chi connectivity index (χ2n) is 4.62. The molecule has 2 aromatic rings. The standard InChI is InChI=1S/C16H18FNO/c1-19-16-8-7-13(11-15(16)17)10-14(18)9-12-5-3-2-4-6-12/h2-8,11,14H,9-10,18H2,1H3. The maximum Gasteiger partial charge on any atom is 0.165 e. The Morgan fingerprint density at radius 1 is 1.05 bits per heavy atom. The maximum absolute atomic E-state index is 13.6. The van der Waals surface area contributed by atoms with E-state index >= 15 is 0 Å². The van der Waals surface area contributed by atoms with Gasteiger partial charge in [-0.05, 0) is 36.1 Å². The first-order chi connectivity index (χ1) is 9.19. The van der Waals surface area contributed by atoms with Gasteiger partial charge in [0.2, 0.25) is 0 Å². The lowest BCUT2D eigenvalue weighted by molar-refractivity contribution is 0.386. The maximum atomic E-state index is 13.6. The molecule has 2 N–H and O–H groups in total. The smallest absolute Gasteiger partial charge is 0.165 e. The predicted octanol–water partition coefficient (Wildman–Crippen LogP) is 2.95. The SMILES string of the molecule is COc1ccc(CC(N)Cc2ccccc2)cc1F. The summed E-state index contributed by atoms with van der Waals surface area (Å²) in [5.74, 6) is -0.0766. The molecule has 0 aromatic heterocycles. The summed E-state index contributed by atoms with van der Waals surface area (Å²) in [4.78, 5) is 0. The Morgan fingerprint density at radius 3 is 2.37 bits per heavy atom. The molecule has 100 valence electrons. The fourth-order valence-corrected chi connectivity index (χ4v) is 2.13. The van der Waals surface area contributed by atoms with Crippen molar-refractivity contribution in [3.05, 3.63) is 65.5 Å². The number of ether oxygens (including phenoxy) is 1. The summed E-state index contributed by atoms with van der Waals surface area (Å²) in [5.41, 5.74) is 8.19. The number of benzene rings is 2. The van der Waals surface area contributed by atoms with Gasteiger partial charge < -0.3 is 10.5 Å². The molecule has 0 fully saturated rings. The van der Waals surface area contributed by atoms with Crippen LogP contribution in [0.25, 0.3) is 0 Å². The van der Waals surface area contributed by atoms with Crippen LogP contribution in [-0.4, -0.2) is 13.2 Å². The first kappa shape index (κ1) is 13.6. The van der Waals surface area contributed by atoms with Gasteiger partial charge >= 0.3 is 0 Å². The lowest BCUT2D eigenvalue weighted by Gasteiger charge is -2.12. The lowest BCUT2D eigenvalue weighted by Crippen LogP contribution is -2.25. The molecule has 0 radical (unpaired) electrons. The van der Waals surface area contributed by atoms with Gasteiger partial charge in [0.25, 0.3) is 0 Å². The molecule has 0 aliphatic heterocycles. The molecule has 0 bridgehead atoms. The highest BCUT2D eigenvalue weighted by Crippen LogP contribution is 2.18. The van der Waals surface area contributed by atoms with E-state index in [9.17, 15) is 4.39 Å². The molecule has 1 atom stereocenters. The average Bonchev–Trinajstić information content (AvgIpc) is 2.40. The van der Waals surface area contributed by atoms with Crippen LogP contribution in [0.4, 0.5) is 4.39 Å². The van der Waals surface area contributed by atoms with Gasteiger partial charge in [-0.3, -0.25) is 0 Å². The molecule has 3 heteroatoms. The summed E-state index contributed by atoms with van der Waals surface area (Å²) in [5, 5.41) is 0. The zero-order chi connectivity index (χ0) is 13.7. The van der Waals surface area contributed by atoms with Crippen molar-refractivity contribution in [1.29, 1.82) is 0 Å². The minimum Gasteiger partial charge on any atom is -0.494 e. The quantitative estimate of drug-likeness (QED) is 0.896. The number of halogens is 1. The van der Waals surface area contributed by atoms with Crippen LogP contribution in [0.1, 0.15) is 11.1 Å². The number of hydrogen-bond donors (Lipinski definition) is 1. The molecular weight excluding hydrogens is 241 g/mol. The van der Waals surface area contributed by atoms with Gasteiger partial charge in [0, 0.05) is 6.04 Å². The predicted molar refractivity (Wildman–Crippen MR) is 74.8 cm³/mol. The molecule has 2 nitrogen and oxygen atoms in total. The van der Waals surface area contributed by atoms with E-state index in [1.54, 1.807) is 6.07 Å². The highest BCUT2D eigenvalue weighted by atomic mass is 19.1. The van der Waals surface area contributed by atoms with E-state index in [4.69, 9.17) is 10.5 Å². The van der Waals surface area contributed by atoms with E-state index in [0.717, 1.165) is 12.0 Å². The minimum absolute atomic E-state index is 0.0183. The van der Waals surface area contributed by atoms with E-state index in [0.29, 0.717) is 6.42 Å². The van der Waals surface area contributed by atoms with Crippen molar-refractivity contribution in [2.45, 2.75) is 18.9 Å². The second kappa shape index (κ2) is 6.34. The molecule has 0 aliphatic rings. The van der Waals surface area contributed by atoms with E-state index in [1.165, 1.54) is 18.7 Å². The van der Waals surface area contributed by atoms with Crippen molar-refractivity contribution < 1.29 is 9.13 Å². The van der Waals surface area contributed by atoms with E-state index in [-0.39, 0.29) is 17.6 Å². The fourth-order valence-electron chi connectivity index (χ4n) is 2.13. The van der Waals surface area contributed by atoms with Crippen molar-refractivity contribution in [3.63, 3.8) is 0 Å². The Balaban J connectivity index is 1.99. The zero-order valence-electron chi connectivity index (χ0n) is 11.0. The van der Waals surface area contributed by atoms with Gasteiger partial charge in [-0.15, -0.1) is 0 Å². The Hall–Kier alpha value is -1.87. The third kappa shape index (κ3) is 3.80. The van der Waals surface area contributed by atoms with Crippen molar-refractivity contribution >= 4 is 0 Å². The molecule has 0 heterocycles. The van der Waals surface area contributed by atoms with Crippen LogP contribution in [0, 0.1) is 5.82 Å². The molecule has 0 saturated carbocycles. The largest absolute Gasteiger partial charge is 0.494 e. The van der Waals surface area contributed by atoms with Crippen LogP contribution in [0.2, 0.25) is 0 Å². The molecule has 2 aromatic carbocycles. The monoisotopic (exact) mass is 259 g/mol. The molecule has 0 spiro atoms.